The van der Waals surface area contributed by atoms with E-state index < -0.39 is 11.5 Å². The van der Waals surface area contributed by atoms with Crippen molar-refractivity contribution >= 4 is 28.4 Å². The minimum atomic E-state index is -0.614. The molecule has 5 heteroatoms. The molecule has 0 spiro atoms. The van der Waals surface area contributed by atoms with Gasteiger partial charge in [-0.25, -0.2) is 4.79 Å². The normalized spacial score (nSPS) is 12.2. The molecule has 1 unspecified atom stereocenters. The van der Waals surface area contributed by atoms with E-state index in [1.165, 1.54) is 6.92 Å². The Morgan fingerprint density at radius 1 is 1.16 bits per heavy atom. The molecule has 3 rings (SSSR count). The van der Waals surface area contributed by atoms with Gasteiger partial charge in [-0.1, -0.05) is 35.9 Å². The van der Waals surface area contributed by atoms with Crippen molar-refractivity contribution in [3.8, 4) is 5.75 Å². The molecule has 0 aliphatic carbocycles. The summed E-state index contributed by atoms with van der Waals surface area (Å²) in [6.45, 7) is 1.47. The Morgan fingerprint density at radius 2 is 1.84 bits per heavy atom. The molecular formula is C20H17ClO4. The van der Waals surface area contributed by atoms with Crippen molar-refractivity contribution in [3.05, 3.63) is 75.1 Å². The van der Waals surface area contributed by atoms with Gasteiger partial charge in [-0.2, -0.15) is 0 Å². The lowest BCUT2D eigenvalue weighted by molar-refractivity contribution is -0.117. The summed E-state index contributed by atoms with van der Waals surface area (Å²) in [5.41, 5.74) is 0.768. The number of aromatic hydroxyl groups is 1. The van der Waals surface area contributed by atoms with Crippen LogP contribution in [0.5, 0.6) is 5.75 Å². The van der Waals surface area contributed by atoms with Gasteiger partial charge in [0.15, 0.2) is 0 Å². The van der Waals surface area contributed by atoms with Gasteiger partial charge in [-0.3, -0.25) is 0 Å². The van der Waals surface area contributed by atoms with Crippen molar-refractivity contribution in [1.82, 2.24) is 0 Å². The van der Waals surface area contributed by atoms with Gasteiger partial charge in [0, 0.05) is 17.4 Å². The van der Waals surface area contributed by atoms with E-state index in [0.29, 0.717) is 22.4 Å². The van der Waals surface area contributed by atoms with Gasteiger partial charge >= 0.3 is 5.63 Å². The first-order valence-corrected chi connectivity index (χ1v) is 8.32. The highest BCUT2D eigenvalue weighted by Crippen LogP contribution is 2.34. The number of benzene rings is 2. The molecule has 3 aromatic rings. The molecule has 0 fully saturated rings. The van der Waals surface area contributed by atoms with E-state index >= 15 is 0 Å². The van der Waals surface area contributed by atoms with Gasteiger partial charge in [0.2, 0.25) is 0 Å². The predicted molar refractivity (Wildman–Crippen MR) is 97.3 cm³/mol. The Hall–Kier alpha value is -2.59. The van der Waals surface area contributed by atoms with Crippen LogP contribution in [0.2, 0.25) is 5.02 Å². The molecule has 25 heavy (non-hydrogen) atoms. The van der Waals surface area contributed by atoms with E-state index in [-0.39, 0.29) is 23.5 Å². The zero-order valence-corrected chi connectivity index (χ0v) is 14.4. The topological polar surface area (TPSA) is 67.5 Å². The number of halogens is 1. The van der Waals surface area contributed by atoms with E-state index in [1.54, 1.807) is 36.4 Å². The molecule has 0 aliphatic rings. The summed E-state index contributed by atoms with van der Waals surface area (Å²) in [6.07, 6.45) is 0.562. The molecular weight excluding hydrogens is 340 g/mol. The number of carbonyl (C=O) groups excluding carboxylic acids is 1. The van der Waals surface area contributed by atoms with Crippen LogP contribution in [0.1, 0.15) is 30.4 Å². The van der Waals surface area contributed by atoms with Crippen molar-refractivity contribution in [3.63, 3.8) is 0 Å². The van der Waals surface area contributed by atoms with E-state index in [2.05, 4.69) is 0 Å². The molecule has 0 bridgehead atoms. The Balaban J connectivity index is 2.09. The highest BCUT2D eigenvalue weighted by atomic mass is 35.5. The molecule has 0 aliphatic heterocycles. The maximum atomic E-state index is 12.5. The molecule has 2 aromatic carbocycles. The third-order valence-corrected chi connectivity index (χ3v) is 4.41. The Labute approximate surface area is 149 Å². The van der Waals surface area contributed by atoms with Gasteiger partial charge in [-0.15, -0.1) is 0 Å². The summed E-state index contributed by atoms with van der Waals surface area (Å²) in [6, 6.07) is 14.0. The number of hydrogen-bond acceptors (Lipinski definition) is 4. The lowest BCUT2D eigenvalue weighted by atomic mass is 9.88. The van der Waals surface area contributed by atoms with Crippen LogP contribution in [-0.2, 0) is 11.2 Å². The third kappa shape index (κ3) is 3.74. The minimum absolute atomic E-state index is 0.0640. The van der Waals surface area contributed by atoms with Crippen LogP contribution >= 0.6 is 11.6 Å². The molecule has 1 heterocycles. The summed E-state index contributed by atoms with van der Waals surface area (Å²) >= 11 is 5.91. The number of ketones is 1. The molecule has 0 saturated carbocycles. The number of hydrogen-bond donors (Lipinski definition) is 1. The largest absolute Gasteiger partial charge is 0.507 e. The second kappa shape index (κ2) is 7.11. The molecule has 4 nitrogen and oxygen atoms in total. The van der Waals surface area contributed by atoms with Crippen LogP contribution < -0.4 is 5.63 Å². The van der Waals surface area contributed by atoms with Gasteiger partial charge < -0.3 is 14.3 Å². The summed E-state index contributed by atoms with van der Waals surface area (Å²) in [7, 11) is 0. The van der Waals surface area contributed by atoms with Crippen molar-refractivity contribution in [2.75, 3.05) is 0 Å². The maximum absolute atomic E-state index is 12.5. The first kappa shape index (κ1) is 17.2. The zero-order valence-electron chi connectivity index (χ0n) is 13.7. The Kier molecular flexibility index (Phi) is 4.91. The zero-order chi connectivity index (χ0) is 18.0. The third-order valence-electron chi connectivity index (χ3n) is 4.16. The van der Waals surface area contributed by atoms with Crippen molar-refractivity contribution in [2.45, 2.75) is 25.7 Å². The number of para-hydroxylation sites is 1. The monoisotopic (exact) mass is 356 g/mol. The SMILES string of the molecule is CC(=O)CC(Cc1ccc(Cl)cc1)c1c(O)c2ccccc2oc1=O. The number of Topliss-reactive ketones (excluding diaryl/α,β-unsaturated/α-hetero) is 1. The summed E-state index contributed by atoms with van der Waals surface area (Å²) in [5, 5.41) is 11.7. The molecule has 1 atom stereocenters. The maximum Gasteiger partial charge on any atom is 0.343 e. The summed E-state index contributed by atoms with van der Waals surface area (Å²) in [4.78, 5) is 24.2. The number of fused-ring (bicyclic) bond motifs is 1. The second-order valence-electron chi connectivity index (χ2n) is 6.08. The molecule has 128 valence electrons. The van der Waals surface area contributed by atoms with Crippen molar-refractivity contribution in [1.29, 1.82) is 0 Å². The van der Waals surface area contributed by atoms with E-state index in [9.17, 15) is 14.7 Å². The van der Waals surface area contributed by atoms with Gasteiger partial charge in [-0.05, 0) is 43.2 Å². The fraction of sp³-hybridized carbons (Fsp3) is 0.200. The van der Waals surface area contributed by atoms with Crippen molar-refractivity contribution < 1.29 is 14.3 Å². The van der Waals surface area contributed by atoms with E-state index in [4.69, 9.17) is 16.0 Å². The highest BCUT2D eigenvalue weighted by Gasteiger charge is 2.24. The lowest BCUT2D eigenvalue weighted by Gasteiger charge is -2.17. The molecule has 0 radical (unpaired) electrons. The fourth-order valence-corrected chi connectivity index (χ4v) is 3.16. The number of carbonyl (C=O) groups is 1. The fourth-order valence-electron chi connectivity index (χ4n) is 3.04. The minimum Gasteiger partial charge on any atom is -0.507 e. The summed E-state index contributed by atoms with van der Waals surface area (Å²) < 4.78 is 5.35. The highest BCUT2D eigenvalue weighted by molar-refractivity contribution is 6.30. The van der Waals surface area contributed by atoms with Crippen molar-refractivity contribution in [2.24, 2.45) is 0 Å². The lowest BCUT2D eigenvalue weighted by Crippen LogP contribution is -2.17. The summed E-state index contributed by atoms with van der Waals surface area (Å²) in [5.74, 6) is -0.655. The molecule has 1 N–H and O–H groups in total. The van der Waals surface area contributed by atoms with Gasteiger partial charge in [0.05, 0.1) is 10.9 Å². The second-order valence-corrected chi connectivity index (χ2v) is 6.52. The van der Waals surface area contributed by atoms with Gasteiger partial charge in [0.25, 0.3) is 0 Å². The first-order chi connectivity index (χ1) is 12.0. The molecule has 1 aromatic heterocycles. The van der Waals surface area contributed by atoms with Crippen LogP contribution in [0.4, 0.5) is 0 Å². The predicted octanol–water partition coefficient (Wildman–Crippen LogP) is 4.46. The van der Waals surface area contributed by atoms with Crippen LogP contribution in [-0.4, -0.2) is 10.9 Å². The van der Waals surface area contributed by atoms with Crippen LogP contribution in [0.15, 0.2) is 57.7 Å². The van der Waals surface area contributed by atoms with E-state index in [0.717, 1.165) is 5.56 Å². The van der Waals surface area contributed by atoms with Crippen LogP contribution in [0.3, 0.4) is 0 Å². The number of rotatable bonds is 5. The smallest absolute Gasteiger partial charge is 0.343 e. The van der Waals surface area contributed by atoms with E-state index in [1.807, 2.05) is 12.1 Å². The van der Waals surface area contributed by atoms with Gasteiger partial charge in [0.1, 0.15) is 17.1 Å². The quantitative estimate of drug-likeness (QED) is 0.685. The first-order valence-electron chi connectivity index (χ1n) is 7.94. The molecule has 0 amide bonds. The molecule has 0 saturated heterocycles. The Bertz CT molecular complexity index is 973. The van der Waals surface area contributed by atoms with Crippen LogP contribution in [0.25, 0.3) is 11.0 Å². The average molecular weight is 357 g/mol. The standard InChI is InChI=1S/C20H17ClO4/c1-12(22)10-14(11-13-6-8-15(21)9-7-13)18-19(23)16-4-2-3-5-17(16)25-20(18)24/h2-9,14,23H,10-11H2,1H3. The average Bonchev–Trinajstić information content (AvgIpc) is 2.56. The Morgan fingerprint density at radius 3 is 2.52 bits per heavy atom. The van der Waals surface area contributed by atoms with Crippen LogP contribution in [0, 0.1) is 0 Å².